The highest BCUT2D eigenvalue weighted by atomic mass is 15.2. The molecule has 2 nitrogen and oxygen atoms in total. The summed E-state index contributed by atoms with van der Waals surface area (Å²) >= 11 is 0. The largest absolute Gasteiger partial charge is 0.414 e. The van der Waals surface area contributed by atoms with Crippen LogP contribution < -0.4 is 15.5 Å². The molecular weight excluding hydrogens is 327 g/mol. The van der Waals surface area contributed by atoms with Crippen molar-refractivity contribution in [1.29, 1.82) is 0 Å². The maximum absolute atomic E-state index is 3.81. The van der Waals surface area contributed by atoms with Gasteiger partial charge in [0, 0.05) is 28.2 Å². The van der Waals surface area contributed by atoms with Gasteiger partial charge in [-0.2, -0.15) is 0 Å². The number of benzene rings is 4. The molecule has 4 aromatic carbocycles. The lowest BCUT2D eigenvalue weighted by Crippen LogP contribution is -2.57. The van der Waals surface area contributed by atoms with E-state index in [-0.39, 0.29) is 6.98 Å². The van der Waals surface area contributed by atoms with E-state index in [1.807, 2.05) is 0 Å². The number of rotatable bonds is 1. The van der Waals surface area contributed by atoms with Gasteiger partial charge in [-0.1, -0.05) is 72.8 Å². The second-order valence-electron chi connectivity index (χ2n) is 7.08. The van der Waals surface area contributed by atoms with Gasteiger partial charge >= 0.3 is 6.98 Å². The minimum atomic E-state index is 0.0726. The molecule has 0 amide bonds. The van der Waals surface area contributed by atoms with Crippen LogP contribution in [0.3, 0.4) is 0 Å². The molecule has 2 heterocycles. The molecule has 0 unspecified atom stereocenters. The lowest BCUT2D eigenvalue weighted by atomic mass is 9.55. The van der Waals surface area contributed by atoms with Crippen LogP contribution in [0.4, 0.5) is 17.1 Å². The molecule has 0 radical (unpaired) electrons. The van der Waals surface area contributed by atoms with Crippen molar-refractivity contribution in [2.24, 2.45) is 0 Å². The fourth-order valence-electron chi connectivity index (χ4n) is 4.51. The van der Waals surface area contributed by atoms with Gasteiger partial charge in [-0.15, -0.1) is 0 Å². The maximum Gasteiger partial charge on any atom is 0.414 e. The summed E-state index contributed by atoms with van der Waals surface area (Å²) in [5.41, 5.74) is 10.2. The van der Waals surface area contributed by atoms with Gasteiger partial charge in [0.1, 0.15) is 0 Å². The Morgan fingerprint density at radius 1 is 0.556 bits per heavy atom. The molecule has 0 saturated heterocycles. The molecule has 6 rings (SSSR count). The molecule has 0 aliphatic carbocycles. The second-order valence-corrected chi connectivity index (χ2v) is 7.08. The van der Waals surface area contributed by atoms with E-state index in [1.165, 1.54) is 44.8 Å². The Bertz CT molecular complexity index is 1160. The highest BCUT2D eigenvalue weighted by molar-refractivity contribution is 6.84. The molecule has 126 valence electrons. The summed E-state index contributed by atoms with van der Waals surface area (Å²) in [4.78, 5) is 2.43. The van der Waals surface area contributed by atoms with Gasteiger partial charge in [-0.05, 0) is 40.9 Å². The number of para-hydroxylation sites is 3. The summed E-state index contributed by atoms with van der Waals surface area (Å²) in [6.45, 7) is 0.0726. The quantitative estimate of drug-likeness (QED) is 0.472. The molecule has 0 saturated carbocycles. The zero-order valence-electron chi connectivity index (χ0n) is 14.8. The van der Waals surface area contributed by atoms with E-state index in [2.05, 4.69) is 107 Å². The molecule has 0 spiro atoms. The van der Waals surface area contributed by atoms with Crippen molar-refractivity contribution >= 4 is 29.5 Å². The van der Waals surface area contributed by atoms with Gasteiger partial charge in [-0.3, -0.25) is 0 Å². The van der Waals surface area contributed by atoms with E-state index < -0.39 is 0 Å². The Morgan fingerprint density at radius 2 is 1.19 bits per heavy atom. The summed E-state index contributed by atoms with van der Waals surface area (Å²) in [7, 11) is 0. The van der Waals surface area contributed by atoms with Crippen molar-refractivity contribution in [3.05, 3.63) is 97.1 Å². The molecule has 27 heavy (non-hydrogen) atoms. The van der Waals surface area contributed by atoms with Gasteiger partial charge in [-0.25, -0.2) is 0 Å². The van der Waals surface area contributed by atoms with Crippen molar-refractivity contribution < 1.29 is 0 Å². The van der Waals surface area contributed by atoms with E-state index in [0.29, 0.717) is 0 Å². The van der Waals surface area contributed by atoms with E-state index in [1.54, 1.807) is 0 Å². The predicted octanol–water partition coefficient (Wildman–Crippen LogP) is 5.29. The smallest absolute Gasteiger partial charge is 0.405 e. The van der Waals surface area contributed by atoms with E-state index in [0.717, 1.165) is 0 Å². The minimum Gasteiger partial charge on any atom is -0.405 e. The first-order valence-corrected chi connectivity index (χ1v) is 9.34. The Kier molecular flexibility index (Phi) is 3.00. The molecule has 3 heteroatoms. The van der Waals surface area contributed by atoms with Crippen LogP contribution in [-0.4, -0.2) is 6.98 Å². The molecule has 1 N–H and O–H groups in total. The lowest BCUT2D eigenvalue weighted by Gasteiger charge is -2.42. The number of fused-ring (bicyclic) bond motifs is 4. The first-order valence-electron chi connectivity index (χ1n) is 9.34. The number of nitrogens with one attached hydrogen (secondary N) is 1. The van der Waals surface area contributed by atoms with Gasteiger partial charge in [0.05, 0.1) is 0 Å². The van der Waals surface area contributed by atoms with E-state index in [9.17, 15) is 0 Å². The normalized spacial score (nSPS) is 13.3. The molecule has 0 bridgehead atoms. The maximum atomic E-state index is 3.81. The van der Waals surface area contributed by atoms with Gasteiger partial charge < -0.3 is 10.0 Å². The average Bonchev–Trinajstić information content (AvgIpc) is 2.75. The first kappa shape index (κ1) is 14.7. The van der Waals surface area contributed by atoms with Crippen molar-refractivity contribution in [2.75, 3.05) is 10.0 Å². The summed E-state index contributed by atoms with van der Waals surface area (Å²) in [5.74, 6) is 0. The minimum absolute atomic E-state index is 0.0726. The van der Waals surface area contributed by atoms with Crippen molar-refractivity contribution in [2.45, 2.75) is 0 Å². The fourth-order valence-corrected chi connectivity index (χ4v) is 4.51. The highest BCUT2D eigenvalue weighted by Crippen LogP contribution is 2.44. The molecule has 2 aliphatic rings. The van der Waals surface area contributed by atoms with Crippen LogP contribution in [0.2, 0.25) is 0 Å². The lowest BCUT2D eigenvalue weighted by molar-refractivity contribution is 1.34. The van der Waals surface area contributed by atoms with Crippen molar-refractivity contribution in [3.8, 4) is 22.3 Å². The Labute approximate surface area is 159 Å². The molecular formula is C24H17BN2. The SMILES string of the molecule is c1ccc(N2B3Nc4ccccc4-c4cccc(c43)-c3ccccc32)cc1. The van der Waals surface area contributed by atoms with Crippen LogP contribution in [0, 0.1) is 0 Å². The Morgan fingerprint density at radius 3 is 2.04 bits per heavy atom. The van der Waals surface area contributed by atoms with E-state index in [4.69, 9.17) is 0 Å². The van der Waals surface area contributed by atoms with Crippen LogP contribution in [0.5, 0.6) is 0 Å². The van der Waals surface area contributed by atoms with Gasteiger partial charge in [0.2, 0.25) is 0 Å². The number of hydrogen-bond acceptors (Lipinski definition) is 2. The monoisotopic (exact) mass is 344 g/mol. The topological polar surface area (TPSA) is 15.3 Å². The third-order valence-electron chi connectivity index (χ3n) is 5.64. The molecule has 2 aliphatic heterocycles. The van der Waals surface area contributed by atoms with Crippen molar-refractivity contribution in [3.63, 3.8) is 0 Å². The summed E-state index contributed by atoms with van der Waals surface area (Å²) < 4.78 is 0. The van der Waals surface area contributed by atoms with Gasteiger partial charge in [0.25, 0.3) is 0 Å². The molecule has 4 aromatic rings. The molecule has 0 aromatic heterocycles. The molecule has 0 atom stereocenters. The first-order chi connectivity index (χ1) is 13.4. The Hall–Kier alpha value is -3.46. The second kappa shape index (κ2) is 5.52. The summed E-state index contributed by atoms with van der Waals surface area (Å²) in [6, 6.07) is 34.7. The molecule has 0 fully saturated rings. The average molecular weight is 344 g/mol. The van der Waals surface area contributed by atoms with Crippen molar-refractivity contribution in [1.82, 2.24) is 0 Å². The van der Waals surface area contributed by atoms with Crippen LogP contribution in [0.25, 0.3) is 22.3 Å². The number of nitrogens with zero attached hydrogens (tertiary/aromatic N) is 1. The van der Waals surface area contributed by atoms with Crippen LogP contribution >= 0.6 is 0 Å². The third kappa shape index (κ3) is 2.03. The predicted molar refractivity (Wildman–Crippen MR) is 115 cm³/mol. The third-order valence-corrected chi connectivity index (χ3v) is 5.64. The highest BCUT2D eigenvalue weighted by Gasteiger charge is 2.41. The van der Waals surface area contributed by atoms with Crippen LogP contribution in [-0.2, 0) is 0 Å². The Balaban J connectivity index is 1.70. The van der Waals surface area contributed by atoms with Crippen LogP contribution in [0.1, 0.15) is 0 Å². The summed E-state index contributed by atoms with van der Waals surface area (Å²) in [6.07, 6.45) is 0. The fraction of sp³-hybridized carbons (Fsp3) is 0. The number of hydrogen-bond donors (Lipinski definition) is 1. The van der Waals surface area contributed by atoms with Gasteiger partial charge in [0.15, 0.2) is 0 Å². The zero-order chi connectivity index (χ0) is 17.8. The van der Waals surface area contributed by atoms with E-state index >= 15 is 0 Å². The summed E-state index contributed by atoms with van der Waals surface area (Å²) in [5, 5.41) is 3.81. The standard InChI is InChI=1S/C24H17BN2/c1-2-9-17(10-3-1)27-23-16-7-5-12-19(23)21-14-8-13-20-18-11-4-6-15-22(18)26-25(27)24(20)21/h1-16,26H. The number of anilines is 3. The zero-order valence-corrected chi connectivity index (χ0v) is 14.8. The van der Waals surface area contributed by atoms with Crippen LogP contribution in [0.15, 0.2) is 97.1 Å².